The van der Waals surface area contributed by atoms with Gasteiger partial charge in [-0.25, -0.2) is 4.79 Å². The van der Waals surface area contributed by atoms with Gasteiger partial charge in [0.2, 0.25) is 0 Å². The number of rotatable bonds is 5. The Bertz CT molecular complexity index is 634. The third-order valence-electron chi connectivity index (χ3n) is 2.78. The summed E-state index contributed by atoms with van der Waals surface area (Å²) in [5.74, 6) is -0.692. The number of hydrogen-bond donors (Lipinski definition) is 2. The highest BCUT2D eigenvalue weighted by Crippen LogP contribution is 2.29. The van der Waals surface area contributed by atoms with Gasteiger partial charge in [0.05, 0.1) is 17.7 Å². The summed E-state index contributed by atoms with van der Waals surface area (Å²) in [7, 11) is 0. The molecule has 0 aliphatic carbocycles. The first-order valence-electron chi connectivity index (χ1n) is 6.04. The van der Waals surface area contributed by atoms with Crippen LogP contribution in [-0.4, -0.2) is 11.1 Å². The summed E-state index contributed by atoms with van der Waals surface area (Å²) in [5.41, 5.74) is -0.186. The van der Waals surface area contributed by atoms with Gasteiger partial charge in [0.15, 0.2) is 0 Å². The van der Waals surface area contributed by atoms with Crippen LogP contribution in [0.3, 0.4) is 0 Å². The van der Waals surface area contributed by atoms with Gasteiger partial charge in [-0.3, -0.25) is 0 Å². The number of benzene rings is 1. The molecular weight excluding hydrogens is 287 g/mol. The van der Waals surface area contributed by atoms with E-state index < -0.39 is 17.7 Å². The van der Waals surface area contributed by atoms with Crippen LogP contribution >= 0.6 is 0 Å². The van der Waals surface area contributed by atoms with E-state index in [0.717, 1.165) is 18.4 Å². The lowest BCUT2D eigenvalue weighted by Gasteiger charge is -2.09. The molecule has 7 heteroatoms. The molecule has 0 saturated carbocycles. The van der Waals surface area contributed by atoms with Crippen molar-refractivity contribution in [2.24, 2.45) is 0 Å². The Morgan fingerprint density at radius 3 is 2.62 bits per heavy atom. The second-order valence-electron chi connectivity index (χ2n) is 4.41. The Balaban J connectivity index is 1.92. The van der Waals surface area contributed by atoms with Crippen molar-refractivity contribution in [3.63, 3.8) is 0 Å². The summed E-state index contributed by atoms with van der Waals surface area (Å²) in [6, 6.07) is 6.36. The molecule has 0 aliphatic rings. The molecule has 112 valence electrons. The Morgan fingerprint density at radius 1 is 1.24 bits per heavy atom. The second kappa shape index (κ2) is 6.01. The molecule has 0 bridgehead atoms. The van der Waals surface area contributed by atoms with Gasteiger partial charge in [-0.2, -0.15) is 13.2 Å². The second-order valence-corrected chi connectivity index (χ2v) is 4.41. The largest absolute Gasteiger partial charge is 0.478 e. The van der Waals surface area contributed by atoms with Gasteiger partial charge in [-0.1, -0.05) is 18.2 Å². The van der Waals surface area contributed by atoms with Crippen LogP contribution < -0.4 is 5.32 Å². The van der Waals surface area contributed by atoms with Crippen molar-refractivity contribution in [2.45, 2.75) is 19.3 Å². The van der Waals surface area contributed by atoms with Gasteiger partial charge in [-0.15, -0.1) is 0 Å². The van der Waals surface area contributed by atoms with Crippen molar-refractivity contribution >= 4 is 5.97 Å². The maximum Gasteiger partial charge on any atom is 0.416 e. The molecular formula is C14H12F3NO3. The minimum Gasteiger partial charge on any atom is -0.478 e. The highest BCUT2D eigenvalue weighted by molar-refractivity contribution is 5.87. The smallest absolute Gasteiger partial charge is 0.416 e. The predicted molar refractivity (Wildman–Crippen MR) is 67.7 cm³/mol. The van der Waals surface area contributed by atoms with Gasteiger partial charge >= 0.3 is 12.1 Å². The van der Waals surface area contributed by atoms with Crippen LogP contribution in [0.2, 0.25) is 0 Å². The number of aromatic carboxylic acids is 1. The van der Waals surface area contributed by atoms with Crippen LogP contribution in [0.4, 0.5) is 13.2 Å². The minimum absolute atomic E-state index is 0.0332. The molecule has 1 aromatic carbocycles. The zero-order chi connectivity index (χ0) is 15.5. The molecule has 0 spiro atoms. The molecule has 0 saturated heterocycles. The first kappa shape index (κ1) is 15.1. The SMILES string of the molecule is O=C(O)c1coc(CNCc2cccc(C(F)(F)F)c2)c1. The van der Waals surface area contributed by atoms with Crippen LogP contribution in [0, 0.1) is 0 Å². The highest BCUT2D eigenvalue weighted by Gasteiger charge is 2.30. The van der Waals surface area contributed by atoms with E-state index in [1.165, 1.54) is 12.1 Å². The minimum atomic E-state index is -4.37. The first-order valence-corrected chi connectivity index (χ1v) is 6.04. The number of halogens is 3. The average Bonchev–Trinajstić information content (AvgIpc) is 2.87. The fourth-order valence-corrected chi connectivity index (χ4v) is 1.77. The molecule has 0 fully saturated rings. The average molecular weight is 299 g/mol. The van der Waals surface area contributed by atoms with E-state index in [0.29, 0.717) is 11.3 Å². The van der Waals surface area contributed by atoms with Gasteiger partial charge in [0, 0.05) is 6.54 Å². The van der Waals surface area contributed by atoms with Crippen LogP contribution in [0.1, 0.15) is 27.2 Å². The molecule has 0 radical (unpaired) electrons. The van der Waals surface area contributed by atoms with Gasteiger partial charge in [0.1, 0.15) is 12.0 Å². The quantitative estimate of drug-likeness (QED) is 0.889. The summed E-state index contributed by atoms with van der Waals surface area (Å²) in [4.78, 5) is 10.7. The normalized spacial score (nSPS) is 11.6. The summed E-state index contributed by atoms with van der Waals surface area (Å²) in [6.07, 6.45) is -3.25. The van der Waals surface area contributed by atoms with Crippen LogP contribution in [-0.2, 0) is 19.3 Å². The van der Waals surface area contributed by atoms with E-state index in [-0.39, 0.29) is 18.7 Å². The van der Waals surface area contributed by atoms with Gasteiger partial charge in [0.25, 0.3) is 0 Å². The summed E-state index contributed by atoms with van der Waals surface area (Å²) in [5, 5.41) is 11.6. The molecule has 4 nitrogen and oxygen atoms in total. The molecule has 0 aliphatic heterocycles. The van der Waals surface area contributed by atoms with E-state index in [9.17, 15) is 18.0 Å². The zero-order valence-electron chi connectivity index (χ0n) is 10.8. The van der Waals surface area contributed by atoms with Crippen LogP contribution in [0.15, 0.2) is 41.0 Å². The molecule has 2 rings (SSSR count). The third kappa shape index (κ3) is 4.09. The molecule has 21 heavy (non-hydrogen) atoms. The Labute approximate surface area is 118 Å². The number of furan rings is 1. The lowest BCUT2D eigenvalue weighted by atomic mass is 10.1. The first-order chi connectivity index (χ1) is 9.86. The van der Waals surface area contributed by atoms with Crippen LogP contribution in [0.25, 0.3) is 0 Å². The summed E-state index contributed by atoms with van der Waals surface area (Å²) in [6.45, 7) is 0.441. The van der Waals surface area contributed by atoms with E-state index >= 15 is 0 Å². The van der Waals surface area contributed by atoms with Crippen molar-refractivity contribution in [1.29, 1.82) is 0 Å². The summed E-state index contributed by atoms with van der Waals surface area (Å²) >= 11 is 0. The summed E-state index contributed by atoms with van der Waals surface area (Å²) < 4.78 is 42.6. The number of carbonyl (C=O) groups is 1. The predicted octanol–water partition coefficient (Wildman–Crippen LogP) is 3.29. The van der Waals surface area contributed by atoms with Gasteiger partial charge in [-0.05, 0) is 17.7 Å². The van der Waals surface area contributed by atoms with Crippen molar-refractivity contribution < 1.29 is 27.5 Å². The Morgan fingerprint density at radius 2 is 2.00 bits per heavy atom. The number of carboxylic acid groups (broad SMARTS) is 1. The van der Waals surface area contributed by atoms with Crippen molar-refractivity contribution in [3.8, 4) is 0 Å². The van der Waals surface area contributed by atoms with E-state index in [4.69, 9.17) is 9.52 Å². The fourth-order valence-electron chi connectivity index (χ4n) is 1.77. The molecule has 1 heterocycles. The lowest BCUT2D eigenvalue weighted by molar-refractivity contribution is -0.137. The molecule has 2 aromatic rings. The van der Waals surface area contributed by atoms with E-state index in [1.54, 1.807) is 6.07 Å². The van der Waals surface area contributed by atoms with Crippen molar-refractivity contribution in [2.75, 3.05) is 0 Å². The van der Waals surface area contributed by atoms with Gasteiger partial charge < -0.3 is 14.8 Å². The topological polar surface area (TPSA) is 62.5 Å². The Hall–Kier alpha value is -2.28. The van der Waals surface area contributed by atoms with Crippen molar-refractivity contribution in [1.82, 2.24) is 5.32 Å². The fraction of sp³-hybridized carbons (Fsp3) is 0.214. The highest BCUT2D eigenvalue weighted by atomic mass is 19.4. The van der Waals surface area contributed by atoms with E-state index in [1.807, 2.05) is 0 Å². The lowest BCUT2D eigenvalue weighted by Crippen LogP contribution is -2.13. The molecule has 0 atom stereocenters. The van der Waals surface area contributed by atoms with Crippen LogP contribution in [0.5, 0.6) is 0 Å². The van der Waals surface area contributed by atoms with E-state index in [2.05, 4.69) is 5.32 Å². The number of nitrogens with one attached hydrogen (secondary N) is 1. The molecule has 0 unspecified atom stereocenters. The third-order valence-corrected chi connectivity index (χ3v) is 2.78. The maximum atomic E-state index is 12.5. The maximum absolute atomic E-state index is 12.5. The number of carboxylic acids is 1. The molecule has 0 amide bonds. The molecule has 1 aromatic heterocycles. The standard InChI is InChI=1S/C14H12F3NO3/c15-14(16,17)11-3-1-2-9(4-11)6-18-7-12-5-10(8-21-12)13(19)20/h1-5,8,18H,6-7H2,(H,19,20). The molecule has 2 N–H and O–H groups in total. The Kier molecular flexibility index (Phi) is 4.32. The number of alkyl halides is 3. The van der Waals surface area contributed by atoms with Crippen molar-refractivity contribution in [3.05, 3.63) is 59.0 Å². The zero-order valence-corrected chi connectivity index (χ0v) is 10.8. The number of hydrogen-bond acceptors (Lipinski definition) is 3. The monoisotopic (exact) mass is 299 g/mol.